The smallest absolute Gasteiger partial charge is 0.261 e. The number of nitrogens with one attached hydrogen (secondary N) is 2. The fraction of sp³-hybridized carbons (Fsp3) is 0.706. The first-order valence-corrected chi connectivity index (χ1v) is 11.2. The van der Waals surface area contributed by atoms with E-state index in [2.05, 4.69) is 24.5 Å². The van der Waals surface area contributed by atoms with Crippen LogP contribution < -0.4 is 10.6 Å². The Morgan fingerprint density at radius 2 is 1.92 bits per heavy atom. The van der Waals surface area contributed by atoms with Gasteiger partial charge in [-0.2, -0.15) is 4.31 Å². The molecular weight excluding hydrogens is 394 g/mol. The van der Waals surface area contributed by atoms with Crippen molar-refractivity contribution in [2.24, 2.45) is 11.8 Å². The molecule has 26 heavy (non-hydrogen) atoms. The summed E-state index contributed by atoms with van der Waals surface area (Å²) in [5.74, 6) is 0.810. The molecular formula is C17H28ClN3O3S2. The fourth-order valence-electron chi connectivity index (χ4n) is 3.36. The minimum absolute atomic E-state index is 0. The molecule has 3 rings (SSSR count). The van der Waals surface area contributed by atoms with Crippen molar-refractivity contribution in [2.75, 3.05) is 26.2 Å². The number of nitrogens with zero attached hydrogens (tertiary/aromatic N) is 1. The van der Waals surface area contributed by atoms with E-state index in [-0.39, 0.29) is 28.6 Å². The van der Waals surface area contributed by atoms with E-state index in [1.165, 1.54) is 0 Å². The molecule has 2 aliphatic rings. The van der Waals surface area contributed by atoms with E-state index in [1.807, 2.05) is 0 Å². The van der Waals surface area contributed by atoms with Crippen molar-refractivity contribution in [2.45, 2.75) is 43.4 Å². The first-order valence-electron chi connectivity index (χ1n) is 8.99. The summed E-state index contributed by atoms with van der Waals surface area (Å²) in [7, 11) is -3.48. The molecule has 0 saturated carbocycles. The zero-order valence-electron chi connectivity index (χ0n) is 15.2. The van der Waals surface area contributed by atoms with Gasteiger partial charge >= 0.3 is 0 Å². The van der Waals surface area contributed by atoms with Crippen LogP contribution in [0.4, 0.5) is 0 Å². The van der Waals surface area contributed by atoms with Crippen LogP contribution in [0, 0.1) is 11.8 Å². The normalized spacial score (nSPS) is 25.5. The molecule has 2 atom stereocenters. The van der Waals surface area contributed by atoms with Gasteiger partial charge in [-0.25, -0.2) is 8.42 Å². The number of thiophene rings is 1. The van der Waals surface area contributed by atoms with E-state index >= 15 is 0 Å². The average Bonchev–Trinajstić information content (AvgIpc) is 3.08. The van der Waals surface area contributed by atoms with Gasteiger partial charge in [0.15, 0.2) is 0 Å². The lowest BCUT2D eigenvalue weighted by atomic mass is 9.95. The molecule has 2 N–H and O–H groups in total. The van der Waals surface area contributed by atoms with Crippen LogP contribution in [-0.4, -0.2) is 50.9 Å². The Kier molecular flexibility index (Phi) is 7.50. The first-order chi connectivity index (χ1) is 11.9. The summed E-state index contributed by atoms with van der Waals surface area (Å²) in [6.45, 7) is 7.15. The van der Waals surface area contributed by atoms with E-state index in [4.69, 9.17) is 0 Å². The molecule has 1 aromatic rings. The topological polar surface area (TPSA) is 78.5 Å². The number of rotatable bonds is 4. The van der Waals surface area contributed by atoms with Crippen molar-refractivity contribution in [1.29, 1.82) is 0 Å². The van der Waals surface area contributed by atoms with Gasteiger partial charge < -0.3 is 10.6 Å². The minimum Gasteiger partial charge on any atom is -0.347 e. The maximum absolute atomic E-state index is 12.8. The molecule has 6 nitrogen and oxygen atoms in total. The molecule has 0 radical (unpaired) electrons. The number of amides is 1. The molecule has 1 amide bonds. The molecule has 0 aromatic carbocycles. The highest BCUT2D eigenvalue weighted by Crippen LogP contribution is 2.28. The minimum atomic E-state index is -3.48. The number of halogens is 1. The quantitative estimate of drug-likeness (QED) is 0.781. The van der Waals surface area contributed by atoms with Crippen molar-refractivity contribution in [3.63, 3.8) is 0 Å². The third-order valence-corrected chi connectivity index (χ3v) is 8.74. The Bertz CT molecular complexity index is 715. The van der Waals surface area contributed by atoms with Gasteiger partial charge in [-0.1, -0.05) is 13.8 Å². The number of carbonyl (C=O) groups is 1. The van der Waals surface area contributed by atoms with Crippen molar-refractivity contribution in [3.8, 4) is 0 Å². The molecule has 2 unspecified atom stereocenters. The summed E-state index contributed by atoms with van der Waals surface area (Å²) in [5, 5.41) is 6.32. The molecule has 0 aliphatic carbocycles. The van der Waals surface area contributed by atoms with Crippen LogP contribution in [0.25, 0.3) is 0 Å². The highest BCUT2D eigenvalue weighted by atomic mass is 35.5. The number of hydrogen-bond donors (Lipinski definition) is 2. The zero-order valence-corrected chi connectivity index (χ0v) is 17.7. The molecule has 1 aromatic heterocycles. The van der Waals surface area contributed by atoms with E-state index in [1.54, 1.807) is 16.4 Å². The Hall–Kier alpha value is -0.670. The Morgan fingerprint density at radius 1 is 1.23 bits per heavy atom. The van der Waals surface area contributed by atoms with Gasteiger partial charge in [0.25, 0.3) is 15.9 Å². The van der Waals surface area contributed by atoms with Crippen LogP contribution in [0.1, 0.15) is 42.8 Å². The second-order valence-electron chi connectivity index (χ2n) is 7.26. The molecule has 148 valence electrons. The van der Waals surface area contributed by atoms with Gasteiger partial charge in [-0.3, -0.25) is 4.79 Å². The fourth-order valence-corrected chi connectivity index (χ4v) is 6.19. The van der Waals surface area contributed by atoms with Gasteiger partial charge in [0.2, 0.25) is 0 Å². The summed E-state index contributed by atoms with van der Waals surface area (Å²) in [6, 6.07) is 3.28. The average molecular weight is 422 g/mol. The van der Waals surface area contributed by atoms with Gasteiger partial charge in [-0.15, -0.1) is 23.7 Å². The first kappa shape index (κ1) is 21.6. The van der Waals surface area contributed by atoms with Gasteiger partial charge in [0, 0.05) is 25.7 Å². The summed E-state index contributed by atoms with van der Waals surface area (Å²) in [6.07, 6.45) is 2.82. The lowest BCUT2D eigenvalue weighted by molar-refractivity contribution is 0.0919. The second kappa shape index (κ2) is 9.01. The number of piperidine rings is 2. The van der Waals surface area contributed by atoms with Gasteiger partial charge in [0.05, 0.1) is 4.88 Å². The zero-order chi connectivity index (χ0) is 18.0. The number of sulfonamides is 1. The van der Waals surface area contributed by atoms with Crippen molar-refractivity contribution in [1.82, 2.24) is 14.9 Å². The highest BCUT2D eigenvalue weighted by Gasteiger charge is 2.30. The highest BCUT2D eigenvalue weighted by molar-refractivity contribution is 7.91. The number of carbonyl (C=O) groups excluding carboxylic acids is 1. The van der Waals surface area contributed by atoms with E-state index < -0.39 is 10.0 Å². The van der Waals surface area contributed by atoms with Crippen LogP contribution in [0.3, 0.4) is 0 Å². The molecule has 9 heteroatoms. The Labute approximate surface area is 166 Å². The SMILES string of the molecule is CC1CCN(S(=O)(=O)c2ccc(C(=O)NC3CNCCC3C)s2)CC1.Cl. The largest absolute Gasteiger partial charge is 0.347 e. The number of hydrogen-bond acceptors (Lipinski definition) is 5. The molecule has 2 fully saturated rings. The standard InChI is InChI=1S/C17H27N3O3S2.ClH/c1-12-6-9-20(10-7-12)25(22,23)16-4-3-15(24-16)17(21)19-14-11-18-8-5-13(14)2;/h3-4,12-14,18H,5-11H2,1-2H3,(H,19,21);1H. The van der Waals surface area contributed by atoms with Crippen LogP contribution in [-0.2, 0) is 10.0 Å². The monoisotopic (exact) mass is 421 g/mol. The van der Waals surface area contributed by atoms with Crippen LogP contribution in [0.15, 0.2) is 16.3 Å². The predicted octanol–water partition coefficient (Wildman–Crippen LogP) is 2.32. The molecule has 2 aliphatic heterocycles. The Balaban J connectivity index is 0.00000243. The maximum Gasteiger partial charge on any atom is 0.261 e. The summed E-state index contributed by atoms with van der Waals surface area (Å²) in [4.78, 5) is 12.9. The van der Waals surface area contributed by atoms with E-state index in [0.717, 1.165) is 43.7 Å². The van der Waals surface area contributed by atoms with Crippen LogP contribution >= 0.6 is 23.7 Å². The van der Waals surface area contributed by atoms with Crippen molar-refractivity contribution >= 4 is 39.7 Å². The molecule has 2 saturated heterocycles. The molecule has 0 bridgehead atoms. The predicted molar refractivity (Wildman–Crippen MR) is 107 cm³/mol. The maximum atomic E-state index is 12.8. The van der Waals surface area contributed by atoms with Crippen molar-refractivity contribution < 1.29 is 13.2 Å². The summed E-state index contributed by atoms with van der Waals surface area (Å²) < 4.78 is 27.3. The van der Waals surface area contributed by atoms with Crippen LogP contribution in [0.5, 0.6) is 0 Å². The lowest BCUT2D eigenvalue weighted by Gasteiger charge is -2.30. The molecule has 3 heterocycles. The summed E-state index contributed by atoms with van der Waals surface area (Å²) >= 11 is 1.07. The third-order valence-electron chi connectivity index (χ3n) is 5.29. The lowest BCUT2D eigenvalue weighted by Crippen LogP contribution is -2.50. The van der Waals surface area contributed by atoms with Crippen molar-refractivity contribution in [3.05, 3.63) is 17.0 Å². The van der Waals surface area contributed by atoms with Crippen LogP contribution in [0.2, 0.25) is 0 Å². The summed E-state index contributed by atoms with van der Waals surface area (Å²) in [5.41, 5.74) is 0. The second-order valence-corrected chi connectivity index (χ2v) is 10.5. The van der Waals surface area contributed by atoms with Gasteiger partial charge in [-0.05, 0) is 49.8 Å². The van der Waals surface area contributed by atoms with E-state index in [9.17, 15) is 13.2 Å². The Morgan fingerprint density at radius 3 is 2.58 bits per heavy atom. The third kappa shape index (κ3) is 4.78. The van der Waals surface area contributed by atoms with Gasteiger partial charge in [0.1, 0.15) is 4.21 Å². The van der Waals surface area contributed by atoms with E-state index in [0.29, 0.717) is 29.8 Å². The molecule has 0 spiro atoms.